The smallest absolute Gasteiger partial charge is 0.271 e. The fourth-order valence-corrected chi connectivity index (χ4v) is 8.29. The Morgan fingerprint density at radius 3 is 2.57 bits per heavy atom. The van der Waals surface area contributed by atoms with Gasteiger partial charge in [-0.3, -0.25) is 14.2 Å². The molecule has 0 radical (unpaired) electrons. The SMILES string of the molecule is COc1cccc([C@@H]2C(C(=O)Nc3ccccc3)=C(C)N=c3s/c(=C\c4cc(I)cc(I)c4OCc4ccccc4F)c(=O)n32)c1. The van der Waals surface area contributed by atoms with E-state index in [4.69, 9.17) is 14.5 Å². The quantitative estimate of drug-likeness (QED) is 0.174. The van der Waals surface area contributed by atoms with E-state index in [1.54, 1.807) is 55.0 Å². The summed E-state index contributed by atoms with van der Waals surface area (Å²) in [5, 5.41) is 2.97. The van der Waals surface area contributed by atoms with E-state index in [-0.39, 0.29) is 23.9 Å². The van der Waals surface area contributed by atoms with E-state index in [0.717, 1.165) is 7.14 Å². The van der Waals surface area contributed by atoms with Crippen molar-refractivity contribution in [2.24, 2.45) is 4.99 Å². The zero-order valence-electron chi connectivity index (χ0n) is 24.6. The molecule has 2 heterocycles. The minimum absolute atomic E-state index is 0.0281. The molecule has 0 saturated heterocycles. The first-order valence-electron chi connectivity index (χ1n) is 14.1. The van der Waals surface area contributed by atoms with E-state index in [0.29, 0.717) is 54.5 Å². The van der Waals surface area contributed by atoms with Crippen molar-refractivity contribution in [3.63, 3.8) is 0 Å². The van der Waals surface area contributed by atoms with E-state index in [9.17, 15) is 14.0 Å². The maximum absolute atomic E-state index is 14.4. The van der Waals surface area contributed by atoms with Gasteiger partial charge in [0, 0.05) is 20.4 Å². The molecule has 1 N–H and O–H groups in total. The number of allylic oxidation sites excluding steroid dienone is 1. The van der Waals surface area contributed by atoms with Gasteiger partial charge >= 0.3 is 0 Å². The monoisotopic (exact) mass is 857 g/mol. The van der Waals surface area contributed by atoms with Crippen LogP contribution >= 0.6 is 56.5 Å². The summed E-state index contributed by atoms with van der Waals surface area (Å²) in [5.41, 5.74) is 3.00. The molecule has 1 aliphatic rings. The molecule has 6 rings (SSSR count). The lowest BCUT2D eigenvalue weighted by molar-refractivity contribution is -0.113. The predicted molar refractivity (Wildman–Crippen MR) is 194 cm³/mol. The van der Waals surface area contributed by atoms with Crippen LogP contribution in [-0.4, -0.2) is 17.6 Å². The number of nitrogens with one attached hydrogen (secondary N) is 1. The fourth-order valence-electron chi connectivity index (χ4n) is 5.21. The van der Waals surface area contributed by atoms with Crippen LogP contribution in [0.5, 0.6) is 11.5 Å². The molecule has 232 valence electrons. The van der Waals surface area contributed by atoms with Gasteiger partial charge in [-0.1, -0.05) is 59.9 Å². The highest BCUT2D eigenvalue weighted by atomic mass is 127. The third-order valence-corrected chi connectivity index (χ3v) is 9.77. The highest BCUT2D eigenvalue weighted by Crippen LogP contribution is 2.33. The number of halogens is 3. The number of hydrogen-bond donors (Lipinski definition) is 1. The number of carbonyl (C=O) groups is 1. The number of hydrogen-bond acceptors (Lipinski definition) is 6. The summed E-state index contributed by atoms with van der Waals surface area (Å²) in [6.07, 6.45) is 1.77. The van der Waals surface area contributed by atoms with E-state index in [1.807, 2.05) is 54.6 Å². The maximum atomic E-state index is 14.4. The van der Waals surface area contributed by atoms with Crippen LogP contribution < -0.4 is 29.7 Å². The second-order valence-electron chi connectivity index (χ2n) is 10.4. The molecule has 5 aromatic rings. The number of thiazole rings is 1. The number of para-hydroxylation sites is 1. The lowest BCUT2D eigenvalue weighted by Gasteiger charge is -2.25. The van der Waals surface area contributed by atoms with Gasteiger partial charge in [0.2, 0.25) is 0 Å². The average Bonchev–Trinajstić information content (AvgIpc) is 3.34. The van der Waals surface area contributed by atoms with Gasteiger partial charge in [-0.15, -0.1) is 0 Å². The number of fused-ring (bicyclic) bond motifs is 1. The minimum atomic E-state index is -0.759. The second-order valence-corrected chi connectivity index (χ2v) is 13.8. The summed E-state index contributed by atoms with van der Waals surface area (Å²) in [5.74, 6) is 0.434. The Morgan fingerprint density at radius 2 is 1.80 bits per heavy atom. The number of carbonyl (C=O) groups excluding carboxylic acids is 1. The molecular formula is C35H26FI2N3O4S. The molecule has 1 amide bonds. The summed E-state index contributed by atoms with van der Waals surface area (Å²) in [6, 6.07) is 26.1. The van der Waals surface area contributed by atoms with Crippen LogP contribution in [0.4, 0.5) is 10.1 Å². The topological polar surface area (TPSA) is 81.9 Å². The second kappa shape index (κ2) is 13.9. The van der Waals surface area contributed by atoms with Crippen molar-refractivity contribution in [1.29, 1.82) is 0 Å². The molecule has 11 heteroatoms. The van der Waals surface area contributed by atoms with Crippen LogP contribution in [0.2, 0.25) is 0 Å². The number of amides is 1. The standard InChI is InChI=1S/C35H26FI2N3O4S/c1-20-30(33(42)40-25-11-4-3-5-12-25)31(21-10-8-13-26(16-21)44-2)41-34(43)29(46-35(41)39-20)17-23-15-24(37)18-28(38)32(23)45-19-22-9-6-7-14-27(22)36/h3-18,31H,19H2,1-2H3,(H,40,42)/b29-17-/t31-/m1/s1. The number of methoxy groups -OCH3 is 1. The number of benzene rings is 4. The Bertz CT molecular complexity index is 2180. The number of aromatic nitrogens is 1. The normalized spacial score (nSPS) is 14.5. The van der Waals surface area contributed by atoms with E-state index in [2.05, 4.69) is 50.5 Å². The molecule has 1 aromatic heterocycles. The minimum Gasteiger partial charge on any atom is -0.497 e. The molecule has 7 nitrogen and oxygen atoms in total. The first kappa shape index (κ1) is 32.1. The van der Waals surface area contributed by atoms with Gasteiger partial charge in [-0.05, 0) is 106 Å². The molecule has 1 aliphatic heterocycles. The maximum Gasteiger partial charge on any atom is 0.271 e. The number of rotatable bonds is 8. The van der Waals surface area contributed by atoms with Gasteiger partial charge < -0.3 is 14.8 Å². The number of nitrogens with zero attached hydrogens (tertiary/aromatic N) is 2. The largest absolute Gasteiger partial charge is 0.497 e. The van der Waals surface area contributed by atoms with Gasteiger partial charge in [-0.2, -0.15) is 0 Å². The van der Waals surface area contributed by atoms with Crippen molar-refractivity contribution in [2.45, 2.75) is 19.6 Å². The molecule has 0 unspecified atom stereocenters. The van der Waals surface area contributed by atoms with Crippen molar-refractivity contribution < 1.29 is 18.7 Å². The highest BCUT2D eigenvalue weighted by Gasteiger charge is 2.33. The van der Waals surface area contributed by atoms with Crippen LogP contribution in [0, 0.1) is 13.0 Å². The predicted octanol–water partition coefficient (Wildman–Crippen LogP) is 6.81. The van der Waals surface area contributed by atoms with Gasteiger partial charge in [-0.25, -0.2) is 9.38 Å². The summed E-state index contributed by atoms with van der Waals surface area (Å²) in [4.78, 5) is 33.4. The third kappa shape index (κ3) is 6.67. The molecule has 1 atom stereocenters. The zero-order chi connectivity index (χ0) is 32.4. The molecule has 0 spiro atoms. The lowest BCUT2D eigenvalue weighted by atomic mass is 9.95. The van der Waals surface area contributed by atoms with Crippen LogP contribution in [0.15, 0.2) is 112 Å². The van der Waals surface area contributed by atoms with Crippen molar-refractivity contribution in [3.05, 3.63) is 152 Å². The summed E-state index contributed by atoms with van der Waals surface area (Å²) in [7, 11) is 1.57. The van der Waals surface area contributed by atoms with Gasteiger partial charge in [0.1, 0.15) is 23.9 Å². The first-order valence-corrected chi connectivity index (χ1v) is 17.1. The molecule has 46 heavy (non-hydrogen) atoms. The van der Waals surface area contributed by atoms with Crippen molar-refractivity contribution in [3.8, 4) is 11.5 Å². The van der Waals surface area contributed by atoms with E-state index < -0.39 is 6.04 Å². The molecular weight excluding hydrogens is 831 g/mol. The summed E-state index contributed by atoms with van der Waals surface area (Å²) < 4.78 is 29.8. The van der Waals surface area contributed by atoms with Crippen LogP contribution in [0.3, 0.4) is 0 Å². The Labute approximate surface area is 295 Å². The van der Waals surface area contributed by atoms with Crippen LogP contribution in [0.1, 0.15) is 29.7 Å². The number of anilines is 1. The van der Waals surface area contributed by atoms with E-state index >= 15 is 0 Å². The molecule has 0 aliphatic carbocycles. The highest BCUT2D eigenvalue weighted by molar-refractivity contribution is 14.1. The first-order chi connectivity index (χ1) is 22.2. The average molecular weight is 857 g/mol. The lowest BCUT2D eigenvalue weighted by Crippen LogP contribution is -2.40. The van der Waals surface area contributed by atoms with Gasteiger partial charge in [0.05, 0.1) is 32.5 Å². The van der Waals surface area contributed by atoms with Gasteiger partial charge in [0.25, 0.3) is 11.5 Å². The molecule has 0 fully saturated rings. The zero-order valence-corrected chi connectivity index (χ0v) is 29.7. The van der Waals surface area contributed by atoms with E-state index in [1.165, 1.54) is 17.4 Å². The Hall–Kier alpha value is -3.82. The Morgan fingerprint density at radius 1 is 1.04 bits per heavy atom. The summed E-state index contributed by atoms with van der Waals surface area (Å²) >= 11 is 5.64. The molecule has 0 saturated carbocycles. The fraction of sp³-hybridized carbons (Fsp3) is 0.114. The summed E-state index contributed by atoms with van der Waals surface area (Å²) in [6.45, 7) is 1.81. The van der Waals surface area contributed by atoms with Crippen molar-refractivity contribution in [2.75, 3.05) is 12.4 Å². The van der Waals surface area contributed by atoms with Crippen molar-refractivity contribution >= 4 is 74.2 Å². The Kier molecular flexibility index (Phi) is 9.70. The Balaban J connectivity index is 1.48. The number of ether oxygens (including phenoxy) is 2. The third-order valence-electron chi connectivity index (χ3n) is 7.36. The molecule has 4 aromatic carbocycles. The van der Waals surface area contributed by atoms with Gasteiger partial charge in [0.15, 0.2) is 4.80 Å². The van der Waals surface area contributed by atoms with Crippen LogP contribution in [-0.2, 0) is 11.4 Å². The van der Waals surface area contributed by atoms with Crippen LogP contribution in [0.25, 0.3) is 6.08 Å². The van der Waals surface area contributed by atoms with Crippen molar-refractivity contribution in [1.82, 2.24) is 4.57 Å². The molecule has 0 bridgehead atoms.